The highest BCUT2D eigenvalue weighted by molar-refractivity contribution is 5.60. The molecule has 0 atom stereocenters. The van der Waals surface area contributed by atoms with Gasteiger partial charge in [-0.3, -0.25) is 4.68 Å². The molecule has 0 aromatic carbocycles. The molecule has 0 aliphatic heterocycles. The minimum atomic E-state index is 0.476. The quantitative estimate of drug-likeness (QED) is 0.568. The van der Waals surface area contributed by atoms with Gasteiger partial charge in [-0.05, 0) is 19.8 Å². The second-order valence-corrected chi connectivity index (χ2v) is 4.84. The number of anilines is 3. The number of hydrogen-bond acceptors (Lipinski definition) is 6. The predicted octanol–water partition coefficient (Wildman–Crippen LogP) is 1.43. The number of rotatable bonds is 4. The van der Waals surface area contributed by atoms with E-state index in [1.165, 1.54) is 0 Å². The Hall–Kier alpha value is -2.15. The Morgan fingerprint density at radius 2 is 2.05 bits per heavy atom. The summed E-state index contributed by atoms with van der Waals surface area (Å²) >= 11 is 0. The van der Waals surface area contributed by atoms with E-state index in [4.69, 9.17) is 5.84 Å². The van der Waals surface area contributed by atoms with Gasteiger partial charge in [-0.1, -0.05) is 0 Å². The van der Waals surface area contributed by atoms with Crippen LogP contribution in [0.2, 0.25) is 0 Å². The molecule has 0 saturated heterocycles. The van der Waals surface area contributed by atoms with E-state index in [9.17, 15) is 0 Å². The zero-order valence-electron chi connectivity index (χ0n) is 11.0. The summed E-state index contributed by atoms with van der Waals surface area (Å²) in [6.07, 6.45) is 4.22. The molecule has 4 N–H and O–H groups in total. The highest BCUT2D eigenvalue weighted by Crippen LogP contribution is 2.39. The molecular weight excluding hydrogens is 242 g/mol. The highest BCUT2D eigenvalue weighted by atomic mass is 15.3. The third-order valence-electron chi connectivity index (χ3n) is 3.11. The average molecular weight is 259 g/mol. The molecule has 1 saturated carbocycles. The molecule has 1 aliphatic carbocycles. The molecule has 3 rings (SSSR count). The number of nitrogens with zero attached hydrogens (tertiary/aromatic N) is 4. The fourth-order valence-electron chi connectivity index (χ4n) is 1.99. The molecule has 0 amide bonds. The van der Waals surface area contributed by atoms with Crippen molar-refractivity contribution in [3.05, 3.63) is 23.8 Å². The molecule has 1 aliphatic rings. The van der Waals surface area contributed by atoms with E-state index in [0.29, 0.717) is 11.7 Å². The van der Waals surface area contributed by atoms with Crippen LogP contribution in [0.3, 0.4) is 0 Å². The van der Waals surface area contributed by atoms with Crippen LogP contribution in [-0.2, 0) is 7.05 Å². The van der Waals surface area contributed by atoms with Gasteiger partial charge in [-0.2, -0.15) is 5.10 Å². The lowest BCUT2D eigenvalue weighted by molar-refractivity contribution is 0.756. The second kappa shape index (κ2) is 4.51. The Bertz CT molecular complexity index is 600. The lowest BCUT2D eigenvalue weighted by Gasteiger charge is -2.08. The lowest BCUT2D eigenvalue weighted by atomic mass is 10.3. The molecule has 2 aromatic rings. The lowest BCUT2D eigenvalue weighted by Crippen LogP contribution is -2.11. The Kier molecular flexibility index (Phi) is 2.83. The first-order valence-corrected chi connectivity index (χ1v) is 6.28. The number of nitrogens with one attached hydrogen (secondary N) is 2. The molecule has 2 heterocycles. The fraction of sp³-hybridized carbons (Fsp3) is 0.417. The normalized spacial score (nSPS) is 14.5. The second-order valence-electron chi connectivity index (χ2n) is 4.84. The molecule has 0 unspecified atom stereocenters. The van der Waals surface area contributed by atoms with Crippen molar-refractivity contribution in [3.8, 4) is 0 Å². The SMILES string of the molecule is Cc1nn(C)cc1Nc1cc(NN)nc(C2CC2)n1. The zero-order chi connectivity index (χ0) is 13.4. The van der Waals surface area contributed by atoms with E-state index in [1.54, 1.807) is 10.7 Å². The maximum absolute atomic E-state index is 5.45. The number of hydrogen-bond donors (Lipinski definition) is 3. The summed E-state index contributed by atoms with van der Waals surface area (Å²) in [4.78, 5) is 8.91. The van der Waals surface area contributed by atoms with Crippen molar-refractivity contribution in [2.75, 3.05) is 10.7 Å². The Balaban J connectivity index is 1.91. The summed E-state index contributed by atoms with van der Waals surface area (Å²) < 4.78 is 1.77. The van der Waals surface area contributed by atoms with E-state index in [2.05, 4.69) is 25.8 Å². The van der Waals surface area contributed by atoms with Gasteiger partial charge in [-0.15, -0.1) is 0 Å². The van der Waals surface area contributed by atoms with Gasteiger partial charge in [0.05, 0.1) is 11.4 Å². The van der Waals surface area contributed by atoms with Crippen LogP contribution in [0.1, 0.15) is 30.3 Å². The first kappa shape index (κ1) is 11.9. The van der Waals surface area contributed by atoms with Gasteiger partial charge in [0.2, 0.25) is 0 Å². The first-order valence-electron chi connectivity index (χ1n) is 6.28. The van der Waals surface area contributed by atoms with Crippen molar-refractivity contribution >= 4 is 17.3 Å². The van der Waals surface area contributed by atoms with E-state index in [1.807, 2.05) is 20.2 Å². The smallest absolute Gasteiger partial charge is 0.145 e. The Morgan fingerprint density at radius 1 is 1.32 bits per heavy atom. The molecule has 7 heteroatoms. The molecule has 100 valence electrons. The van der Waals surface area contributed by atoms with E-state index in [0.717, 1.165) is 35.9 Å². The van der Waals surface area contributed by atoms with Crippen molar-refractivity contribution < 1.29 is 0 Å². The summed E-state index contributed by atoms with van der Waals surface area (Å²) in [6.45, 7) is 1.95. The van der Waals surface area contributed by atoms with Gasteiger partial charge in [0.1, 0.15) is 17.5 Å². The van der Waals surface area contributed by atoms with Gasteiger partial charge < -0.3 is 10.7 Å². The van der Waals surface area contributed by atoms with Crippen LogP contribution in [0.5, 0.6) is 0 Å². The monoisotopic (exact) mass is 259 g/mol. The van der Waals surface area contributed by atoms with Crippen molar-refractivity contribution in [1.29, 1.82) is 0 Å². The van der Waals surface area contributed by atoms with Crippen molar-refractivity contribution in [2.24, 2.45) is 12.9 Å². The maximum Gasteiger partial charge on any atom is 0.145 e. The fourth-order valence-corrected chi connectivity index (χ4v) is 1.99. The Morgan fingerprint density at radius 3 is 2.63 bits per heavy atom. The van der Waals surface area contributed by atoms with E-state index < -0.39 is 0 Å². The minimum absolute atomic E-state index is 0.476. The van der Waals surface area contributed by atoms with Crippen LogP contribution in [0.4, 0.5) is 17.3 Å². The largest absolute Gasteiger partial charge is 0.337 e. The van der Waals surface area contributed by atoms with Gasteiger partial charge >= 0.3 is 0 Å². The average Bonchev–Trinajstić information content (AvgIpc) is 3.17. The third-order valence-corrected chi connectivity index (χ3v) is 3.11. The number of nitrogens with two attached hydrogens (primary N) is 1. The molecular formula is C12H17N7. The predicted molar refractivity (Wildman–Crippen MR) is 73.0 cm³/mol. The summed E-state index contributed by atoms with van der Waals surface area (Å²) in [5, 5.41) is 7.55. The molecule has 7 nitrogen and oxygen atoms in total. The van der Waals surface area contributed by atoms with Gasteiger partial charge in [0, 0.05) is 25.2 Å². The summed E-state index contributed by atoms with van der Waals surface area (Å²) in [7, 11) is 1.89. The van der Waals surface area contributed by atoms with Crippen LogP contribution in [0, 0.1) is 6.92 Å². The Labute approximate surface area is 111 Å². The molecule has 0 spiro atoms. The van der Waals surface area contributed by atoms with Crippen LogP contribution in [0.25, 0.3) is 0 Å². The number of hydrazine groups is 1. The van der Waals surface area contributed by atoms with Gasteiger partial charge in [0.25, 0.3) is 0 Å². The van der Waals surface area contributed by atoms with Gasteiger partial charge in [-0.25, -0.2) is 15.8 Å². The van der Waals surface area contributed by atoms with E-state index in [-0.39, 0.29) is 0 Å². The molecule has 2 aromatic heterocycles. The standard InChI is InChI=1S/C12H17N7/c1-7-9(6-19(2)18-7)14-10-5-11(17-13)16-12(15-10)8-3-4-8/h5-6,8H,3-4,13H2,1-2H3,(H2,14,15,16,17). The highest BCUT2D eigenvalue weighted by Gasteiger charge is 2.27. The van der Waals surface area contributed by atoms with Crippen molar-refractivity contribution in [3.63, 3.8) is 0 Å². The zero-order valence-corrected chi connectivity index (χ0v) is 11.0. The molecule has 0 radical (unpaired) electrons. The number of aryl methyl sites for hydroxylation is 2. The molecule has 1 fully saturated rings. The maximum atomic E-state index is 5.45. The van der Waals surface area contributed by atoms with Crippen molar-refractivity contribution in [2.45, 2.75) is 25.7 Å². The van der Waals surface area contributed by atoms with Crippen LogP contribution < -0.4 is 16.6 Å². The third kappa shape index (κ3) is 2.50. The molecule has 0 bridgehead atoms. The van der Waals surface area contributed by atoms with Gasteiger partial charge in [0.15, 0.2) is 0 Å². The number of nitrogen functional groups attached to an aromatic ring is 1. The molecule has 19 heavy (non-hydrogen) atoms. The summed E-state index contributed by atoms with van der Waals surface area (Å²) in [5.74, 6) is 8.14. The van der Waals surface area contributed by atoms with Crippen LogP contribution in [-0.4, -0.2) is 19.7 Å². The first-order chi connectivity index (χ1) is 9.15. The summed E-state index contributed by atoms with van der Waals surface area (Å²) in [6, 6.07) is 1.79. The van der Waals surface area contributed by atoms with E-state index >= 15 is 0 Å². The summed E-state index contributed by atoms with van der Waals surface area (Å²) in [5.41, 5.74) is 4.45. The van der Waals surface area contributed by atoms with Crippen LogP contribution in [0.15, 0.2) is 12.3 Å². The minimum Gasteiger partial charge on any atom is -0.337 e. The topological polar surface area (TPSA) is 93.7 Å². The number of aromatic nitrogens is 4. The van der Waals surface area contributed by atoms with Crippen LogP contribution >= 0.6 is 0 Å². The van der Waals surface area contributed by atoms with Crippen molar-refractivity contribution in [1.82, 2.24) is 19.7 Å².